The summed E-state index contributed by atoms with van der Waals surface area (Å²) in [5.41, 5.74) is 4.29. The van der Waals surface area contributed by atoms with Crippen molar-refractivity contribution in [2.75, 3.05) is 12.4 Å². The summed E-state index contributed by atoms with van der Waals surface area (Å²) >= 11 is 1.42. The fourth-order valence-corrected chi connectivity index (χ4v) is 3.02. The average molecular weight is 340 g/mol. The van der Waals surface area contributed by atoms with E-state index in [1.807, 2.05) is 56.3 Å². The summed E-state index contributed by atoms with van der Waals surface area (Å²) in [5.74, 6) is 1.15. The van der Waals surface area contributed by atoms with Gasteiger partial charge in [0.15, 0.2) is 0 Å². The number of aryl methyl sites for hydroxylation is 2. The van der Waals surface area contributed by atoms with Crippen LogP contribution in [0.3, 0.4) is 0 Å². The molecule has 0 fully saturated rings. The van der Waals surface area contributed by atoms with Crippen LogP contribution in [0.2, 0.25) is 0 Å². The summed E-state index contributed by atoms with van der Waals surface area (Å²) in [6, 6.07) is 14.1. The predicted molar refractivity (Wildman–Crippen MR) is 99.3 cm³/mol. The number of nitrogens with one attached hydrogen (secondary N) is 1. The summed E-state index contributed by atoms with van der Waals surface area (Å²) < 4.78 is 5.71. The van der Waals surface area contributed by atoms with Crippen molar-refractivity contribution >= 4 is 28.4 Å². The Kier molecular flexibility index (Phi) is 5.20. The van der Waals surface area contributed by atoms with Gasteiger partial charge in [-0.25, -0.2) is 4.99 Å². The molecular formula is C19H20N2O2S. The van der Waals surface area contributed by atoms with Gasteiger partial charge in [-0.2, -0.15) is 0 Å². The van der Waals surface area contributed by atoms with E-state index in [2.05, 4.69) is 10.3 Å². The van der Waals surface area contributed by atoms with E-state index in [4.69, 9.17) is 4.74 Å². The zero-order valence-corrected chi connectivity index (χ0v) is 14.7. The van der Waals surface area contributed by atoms with Gasteiger partial charge in [0.1, 0.15) is 23.1 Å². The van der Waals surface area contributed by atoms with Crippen molar-refractivity contribution in [3.05, 3.63) is 59.2 Å². The van der Waals surface area contributed by atoms with Gasteiger partial charge < -0.3 is 10.1 Å². The lowest BCUT2D eigenvalue weighted by atomic mass is 10.1. The predicted octanol–water partition coefficient (Wildman–Crippen LogP) is 3.78. The van der Waals surface area contributed by atoms with Crippen molar-refractivity contribution < 1.29 is 9.53 Å². The van der Waals surface area contributed by atoms with E-state index in [9.17, 15) is 4.79 Å². The number of thioether (sulfide) groups is 1. The third kappa shape index (κ3) is 4.38. The zero-order valence-electron chi connectivity index (χ0n) is 13.8. The van der Waals surface area contributed by atoms with Crippen molar-refractivity contribution in [2.45, 2.75) is 20.4 Å². The molecule has 124 valence electrons. The molecule has 0 aromatic heterocycles. The van der Waals surface area contributed by atoms with Gasteiger partial charge >= 0.3 is 0 Å². The molecule has 0 bridgehead atoms. The van der Waals surface area contributed by atoms with Crippen LogP contribution >= 0.6 is 11.8 Å². The van der Waals surface area contributed by atoms with Crippen LogP contribution in [0, 0.1) is 13.8 Å². The normalized spacial score (nSPS) is 12.8. The molecule has 0 atom stereocenters. The van der Waals surface area contributed by atoms with Gasteiger partial charge in [-0.05, 0) is 37.1 Å². The first-order valence-electron chi connectivity index (χ1n) is 7.86. The fraction of sp³-hybridized carbons (Fsp3) is 0.263. The van der Waals surface area contributed by atoms with Crippen molar-refractivity contribution in [3.63, 3.8) is 0 Å². The van der Waals surface area contributed by atoms with E-state index in [1.165, 1.54) is 17.3 Å². The lowest BCUT2D eigenvalue weighted by molar-refractivity contribution is -0.118. The first-order chi connectivity index (χ1) is 11.6. The Morgan fingerprint density at radius 2 is 1.92 bits per heavy atom. The second-order valence-electron chi connectivity index (χ2n) is 5.82. The van der Waals surface area contributed by atoms with Crippen LogP contribution in [0.15, 0.2) is 47.5 Å². The molecule has 1 aliphatic rings. The van der Waals surface area contributed by atoms with Crippen LogP contribution in [0.1, 0.15) is 16.7 Å². The monoisotopic (exact) mass is 340 g/mol. The lowest BCUT2D eigenvalue weighted by Gasteiger charge is -2.16. The van der Waals surface area contributed by atoms with Gasteiger partial charge in [0.05, 0.1) is 5.75 Å². The summed E-state index contributed by atoms with van der Waals surface area (Å²) in [5, 5.41) is 3.76. The van der Waals surface area contributed by atoms with Crippen LogP contribution in [-0.4, -0.2) is 23.3 Å². The van der Waals surface area contributed by atoms with Gasteiger partial charge in [-0.15, -0.1) is 0 Å². The highest BCUT2D eigenvalue weighted by Gasteiger charge is 2.14. The molecule has 0 unspecified atom stereocenters. The molecule has 24 heavy (non-hydrogen) atoms. The molecule has 1 amide bonds. The molecule has 0 saturated carbocycles. The van der Waals surface area contributed by atoms with Crippen LogP contribution in [0.25, 0.3) is 0 Å². The molecule has 0 spiro atoms. The minimum absolute atomic E-state index is 0.00187. The first-order valence-corrected chi connectivity index (χ1v) is 8.85. The molecule has 0 aliphatic carbocycles. The number of hydrogen-bond donors (Lipinski definition) is 1. The number of nitrogens with zero attached hydrogens (tertiary/aromatic N) is 1. The molecular weight excluding hydrogens is 320 g/mol. The van der Waals surface area contributed by atoms with E-state index < -0.39 is 0 Å². The van der Waals surface area contributed by atoms with Gasteiger partial charge in [-0.1, -0.05) is 47.7 Å². The molecule has 0 saturated heterocycles. The fourth-order valence-electron chi connectivity index (χ4n) is 2.32. The summed E-state index contributed by atoms with van der Waals surface area (Å²) in [4.78, 5) is 16.5. The maximum absolute atomic E-state index is 12.0. The van der Waals surface area contributed by atoms with Gasteiger partial charge in [0.25, 0.3) is 0 Å². The highest BCUT2D eigenvalue weighted by Crippen LogP contribution is 2.32. The van der Waals surface area contributed by atoms with Gasteiger partial charge in [-0.3, -0.25) is 4.79 Å². The lowest BCUT2D eigenvalue weighted by Crippen LogP contribution is -2.26. The Hall–Kier alpha value is -2.27. The Balaban J connectivity index is 1.49. The van der Waals surface area contributed by atoms with Crippen LogP contribution in [-0.2, 0) is 11.3 Å². The number of rotatable bonds is 4. The highest BCUT2D eigenvalue weighted by molar-refractivity contribution is 8.14. The number of carbonyl (C=O) groups excluding carboxylic acids is 1. The second-order valence-corrected chi connectivity index (χ2v) is 6.86. The Morgan fingerprint density at radius 1 is 1.17 bits per heavy atom. The molecule has 3 rings (SSSR count). The third-order valence-corrected chi connectivity index (χ3v) is 4.64. The number of ether oxygens (including phenoxy) is 1. The largest absolute Gasteiger partial charge is 0.484 e. The minimum atomic E-state index is -0.00187. The average Bonchev–Trinajstić information content (AvgIpc) is 2.59. The SMILES string of the molecule is Cc1ccc(CNC(=O)CSC2=Nc3ccc(C)cc3OC2)cc1. The van der Waals surface area contributed by atoms with E-state index in [-0.39, 0.29) is 5.91 Å². The summed E-state index contributed by atoms with van der Waals surface area (Å²) in [6.45, 7) is 5.04. The first kappa shape index (κ1) is 16.6. The maximum Gasteiger partial charge on any atom is 0.230 e. The molecule has 5 heteroatoms. The van der Waals surface area contributed by atoms with Crippen LogP contribution in [0.4, 0.5) is 5.69 Å². The topological polar surface area (TPSA) is 50.7 Å². The zero-order chi connectivity index (χ0) is 16.9. The van der Waals surface area contributed by atoms with E-state index in [0.29, 0.717) is 18.9 Å². The quantitative estimate of drug-likeness (QED) is 0.921. The van der Waals surface area contributed by atoms with Crippen molar-refractivity contribution in [1.29, 1.82) is 0 Å². The third-order valence-electron chi connectivity index (χ3n) is 3.69. The summed E-state index contributed by atoms with van der Waals surface area (Å²) in [7, 11) is 0. The molecule has 1 heterocycles. The molecule has 1 aliphatic heterocycles. The second kappa shape index (κ2) is 7.53. The van der Waals surface area contributed by atoms with Gasteiger partial charge in [0, 0.05) is 6.54 Å². The van der Waals surface area contributed by atoms with Crippen molar-refractivity contribution in [2.24, 2.45) is 4.99 Å². The highest BCUT2D eigenvalue weighted by atomic mass is 32.2. The molecule has 1 N–H and O–H groups in total. The Labute approximate surface area is 146 Å². The Morgan fingerprint density at radius 3 is 2.71 bits per heavy atom. The van der Waals surface area contributed by atoms with Crippen molar-refractivity contribution in [3.8, 4) is 5.75 Å². The molecule has 2 aromatic carbocycles. The van der Waals surface area contributed by atoms with E-state index >= 15 is 0 Å². The standard InChI is InChI=1S/C19H20N2O2S/c1-13-3-6-15(7-4-13)10-20-18(22)12-24-19-11-23-17-9-14(2)5-8-16(17)21-19/h3-9H,10-12H2,1-2H3,(H,20,22). The molecule has 4 nitrogen and oxygen atoms in total. The van der Waals surface area contributed by atoms with E-state index in [0.717, 1.165) is 27.6 Å². The van der Waals surface area contributed by atoms with Crippen molar-refractivity contribution in [1.82, 2.24) is 5.32 Å². The number of benzene rings is 2. The smallest absolute Gasteiger partial charge is 0.230 e. The molecule has 0 radical (unpaired) electrons. The minimum Gasteiger partial charge on any atom is -0.484 e. The number of hydrogen-bond acceptors (Lipinski definition) is 4. The van der Waals surface area contributed by atoms with E-state index in [1.54, 1.807) is 0 Å². The molecule has 2 aromatic rings. The number of fused-ring (bicyclic) bond motifs is 1. The number of aliphatic imine (C=N–C) groups is 1. The number of carbonyl (C=O) groups is 1. The summed E-state index contributed by atoms with van der Waals surface area (Å²) in [6.07, 6.45) is 0. The Bertz CT molecular complexity index is 769. The van der Waals surface area contributed by atoms with Gasteiger partial charge in [0.2, 0.25) is 5.91 Å². The van der Waals surface area contributed by atoms with Crippen LogP contribution < -0.4 is 10.1 Å². The number of amides is 1. The van der Waals surface area contributed by atoms with Crippen LogP contribution in [0.5, 0.6) is 5.75 Å². The maximum atomic E-state index is 12.0.